The summed E-state index contributed by atoms with van der Waals surface area (Å²) in [5, 5.41) is 3.48. The van der Waals surface area contributed by atoms with Crippen molar-refractivity contribution in [2.24, 2.45) is 0 Å². The molecule has 202 valence electrons. The molecule has 0 aliphatic rings. The number of amides is 2. The predicted octanol–water partition coefficient (Wildman–Crippen LogP) is 4.27. The molecule has 0 aliphatic carbocycles. The van der Waals surface area contributed by atoms with Gasteiger partial charge in [-0.3, -0.25) is 9.59 Å². The van der Waals surface area contributed by atoms with Gasteiger partial charge in [0.1, 0.15) is 6.04 Å². The molecular formula is C29H34ClN3O4S. The lowest BCUT2D eigenvalue weighted by molar-refractivity contribution is -0.141. The highest BCUT2D eigenvalue weighted by Gasteiger charge is 2.32. The third-order valence-electron chi connectivity index (χ3n) is 6.07. The molecule has 3 aromatic rings. The number of halogens is 1. The highest BCUT2D eigenvalue weighted by molar-refractivity contribution is 7.88. The lowest BCUT2D eigenvalue weighted by Gasteiger charge is -2.33. The second kappa shape index (κ2) is 14.1. The van der Waals surface area contributed by atoms with Crippen molar-refractivity contribution in [3.8, 4) is 0 Å². The second-order valence-electron chi connectivity index (χ2n) is 9.16. The summed E-state index contributed by atoms with van der Waals surface area (Å²) in [5.74, 6) is -0.749. The van der Waals surface area contributed by atoms with E-state index in [4.69, 9.17) is 11.6 Å². The van der Waals surface area contributed by atoms with Crippen molar-refractivity contribution in [1.82, 2.24) is 14.5 Å². The summed E-state index contributed by atoms with van der Waals surface area (Å²) in [5.41, 5.74) is 2.43. The topological polar surface area (TPSA) is 86.8 Å². The molecule has 1 atom stereocenters. The number of sulfonamides is 1. The van der Waals surface area contributed by atoms with Crippen LogP contribution >= 0.6 is 11.6 Å². The largest absolute Gasteiger partial charge is 0.354 e. The zero-order valence-corrected chi connectivity index (χ0v) is 23.3. The molecule has 38 heavy (non-hydrogen) atoms. The first-order valence-corrected chi connectivity index (χ1v) is 14.7. The third-order valence-corrected chi connectivity index (χ3v) is 7.52. The zero-order chi connectivity index (χ0) is 27.5. The van der Waals surface area contributed by atoms with Crippen molar-refractivity contribution in [2.75, 3.05) is 19.3 Å². The molecule has 0 saturated carbocycles. The Bertz CT molecular complexity index is 1290. The number of carbonyl (C=O) groups excluding carboxylic acids is 2. The van der Waals surface area contributed by atoms with Crippen LogP contribution in [0.15, 0.2) is 84.9 Å². The molecule has 2 amide bonds. The van der Waals surface area contributed by atoms with Crippen LogP contribution in [0.2, 0.25) is 5.02 Å². The molecule has 0 aliphatic heterocycles. The molecule has 1 N–H and O–H groups in total. The number of hydrogen-bond donors (Lipinski definition) is 1. The lowest BCUT2D eigenvalue weighted by atomic mass is 10.0. The number of hydrogen-bond acceptors (Lipinski definition) is 4. The van der Waals surface area contributed by atoms with Gasteiger partial charge in [0.05, 0.1) is 12.8 Å². The van der Waals surface area contributed by atoms with Crippen LogP contribution in [-0.4, -0.2) is 54.8 Å². The fourth-order valence-electron chi connectivity index (χ4n) is 4.03. The summed E-state index contributed by atoms with van der Waals surface area (Å²) in [4.78, 5) is 28.8. The van der Waals surface area contributed by atoms with Gasteiger partial charge in [0.15, 0.2) is 0 Å². The summed E-state index contributed by atoms with van der Waals surface area (Å²) in [6.07, 6.45) is 2.11. The first-order chi connectivity index (χ1) is 18.2. The van der Waals surface area contributed by atoms with E-state index in [1.54, 1.807) is 24.3 Å². The maximum atomic E-state index is 13.9. The molecule has 0 heterocycles. The van der Waals surface area contributed by atoms with Gasteiger partial charge < -0.3 is 10.2 Å². The van der Waals surface area contributed by atoms with E-state index in [0.29, 0.717) is 11.6 Å². The third kappa shape index (κ3) is 8.97. The second-order valence-corrected chi connectivity index (χ2v) is 11.6. The maximum Gasteiger partial charge on any atom is 0.243 e. The zero-order valence-electron chi connectivity index (χ0n) is 21.7. The van der Waals surface area contributed by atoms with Crippen molar-refractivity contribution in [3.05, 3.63) is 107 Å². The van der Waals surface area contributed by atoms with E-state index >= 15 is 0 Å². The minimum absolute atomic E-state index is 0.0472. The molecular weight excluding hydrogens is 522 g/mol. The first kappa shape index (κ1) is 29.4. The van der Waals surface area contributed by atoms with Gasteiger partial charge in [0.2, 0.25) is 21.8 Å². The van der Waals surface area contributed by atoms with Crippen molar-refractivity contribution in [1.29, 1.82) is 0 Å². The van der Waals surface area contributed by atoms with Gasteiger partial charge >= 0.3 is 0 Å². The maximum absolute atomic E-state index is 13.9. The molecule has 3 rings (SSSR count). The molecule has 9 heteroatoms. The monoisotopic (exact) mass is 555 g/mol. The van der Waals surface area contributed by atoms with Crippen molar-refractivity contribution < 1.29 is 18.0 Å². The molecule has 7 nitrogen and oxygen atoms in total. The van der Waals surface area contributed by atoms with Gasteiger partial charge in [0, 0.05) is 31.1 Å². The van der Waals surface area contributed by atoms with E-state index in [9.17, 15) is 18.0 Å². The fraction of sp³-hybridized carbons (Fsp3) is 0.310. The first-order valence-electron chi connectivity index (χ1n) is 12.5. The summed E-state index contributed by atoms with van der Waals surface area (Å²) < 4.78 is 26.5. The van der Waals surface area contributed by atoms with Crippen LogP contribution in [-0.2, 0) is 39.1 Å². The van der Waals surface area contributed by atoms with E-state index in [1.807, 2.05) is 67.6 Å². The Morgan fingerprint density at radius 3 is 1.95 bits per heavy atom. The number of rotatable bonds is 13. The molecule has 0 unspecified atom stereocenters. The van der Waals surface area contributed by atoms with Gasteiger partial charge in [-0.2, -0.15) is 4.31 Å². The molecule has 0 radical (unpaired) electrons. The molecule has 0 bridgehead atoms. The average molecular weight is 556 g/mol. The van der Waals surface area contributed by atoms with Crippen molar-refractivity contribution >= 4 is 33.4 Å². The number of nitrogens with one attached hydrogen (secondary N) is 1. The van der Waals surface area contributed by atoms with Gasteiger partial charge in [-0.05, 0) is 35.2 Å². The Morgan fingerprint density at radius 1 is 0.842 bits per heavy atom. The fourth-order valence-corrected chi connectivity index (χ4v) is 4.88. The quantitative estimate of drug-likeness (QED) is 0.341. The van der Waals surface area contributed by atoms with Crippen LogP contribution in [0.5, 0.6) is 0 Å². The molecule has 0 saturated heterocycles. The normalized spacial score (nSPS) is 12.2. The summed E-state index contributed by atoms with van der Waals surface area (Å²) in [6, 6.07) is 24.8. The lowest BCUT2D eigenvalue weighted by Crippen LogP contribution is -2.53. The SMILES string of the molecule is CCCNC(=O)[C@H](Cc1ccccc1)N(Cc1ccc(Cl)cc1)C(=O)CN(Cc1ccccc1)S(C)(=O)=O. The summed E-state index contributed by atoms with van der Waals surface area (Å²) in [7, 11) is -3.72. The van der Waals surface area contributed by atoms with Crippen LogP contribution in [0.1, 0.15) is 30.0 Å². The van der Waals surface area contributed by atoms with E-state index in [-0.39, 0.29) is 25.4 Å². The van der Waals surface area contributed by atoms with Crippen LogP contribution in [0, 0.1) is 0 Å². The Balaban J connectivity index is 1.97. The van der Waals surface area contributed by atoms with Crippen LogP contribution in [0.25, 0.3) is 0 Å². The average Bonchev–Trinajstić information content (AvgIpc) is 2.90. The van der Waals surface area contributed by atoms with Crippen molar-refractivity contribution in [2.45, 2.75) is 38.9 Å². The standard InChI is InChI=1S/C29H34ClN3O4S/c1-3-18-31-29(35)27(19-23-10-6-4-7-11-23)33(21-25-14-16-26(30)17-15-25)28(34)22-32(38(2,36)37)20-24-12-8-5-9-13-24/h4-17,27H,3,18-22H2,1-2H3,(H,31,35)/t27-/m0/s1. The van der Waals surface area contributed by atoms with E-state index in [1.165, 1.54) is 4.90 Å². The van der Waals surface area contributed by atoms with E-state index in [2.05, 4.69) is 5.32 Å². The van der Waals surface area contributed by atoms with Crippen molar-refractivity contribution in [3.63, 3.8) is 0 Å². The molecule has 0 fully saturated rings. The minimum atomic E-state index is -3.72. The van der Waals surface area contributed by atoms with E-state index < -0.39 is 28.5 Å². The summed E-state index contributed by atoms with van der Waals surface area (Å²) in [6.45, 7) is 2.20. The Morgan fingerprint density at radius 2 is 1.39 bits per heavy atom. The van der Waals surface area contributed by atoms with E-state index in [0.717, 1.165) is 33.7 Å². The van der Waals surface area contributed by atoms with Gasteiger partial charge in [-0.1, -0.05) is 91.3 Å². The number of carbonyl (C=O) groups is 2. The smallest absolute Gasteiger partial charge is 0.243 e. The molecule has 3 aromatic carbocycles. The van der Waals surface area contributed by atoms with Crippen LogP contribution in [0.3, 0.4) is 0 Å². The number of benzene rings is 3. The number of nitrogens with zero attached hydrogens (tertiary/aromatic N) is 2. The predicted molar refractivity (Wildman–Crippen MR) is 151 cm³/mol. The Hall–Kier alpha value is -3.20. The van der Waals surface area contributed by atoms with Gasteiger partial charge in [-0.15, -0.1) is 0 Å². The molecule has 0 aromatic heterocycles. The Kier molecular flexibility index (Phi) is 10.9. The minimum Gasteiger partial charge on any atom is -0.354 e. The highest BCUT2D eigenvalue weighted by atomic mass is 35.5. The van der Waals surface area contributed by atoms with Gasteiger partial charge in [0.25, 0.3) is 0 Å². The van der Waals surface area contributed by atoms with Crippen LogP contribution < -0.4 is 5.32 Å². The van der Waals surface area contributed by atoms with Gasteiger partial charge in [-0.25, -0.2) is 8.42 Å². The highest BCUT2D eigenvalue weighted by Crippen LogP contribution is 2.18. The molecule has 0 spiro atoms. The Labute approximate surface area is 230 Å². The summed E-state index contributed by atoms with van der Waals surface area (Å²) >= 11 is 6.07. The van der Waals surface area contributed by atoms with Crippen LogP contribution in [0.4, 0.5) is 0 Å².